The van der Waals surface area contributed by atoms with Crippen LogP contribution in [0.15, 0.2) is 16.5 Å². The lowest BCUT2D eigenvalue weighted by Gasteiger charge is -2.11. The molecule has 2 aromatic rings. The van der Waals surface area contributed by atoms with Crippen molar-refractivity contribution in [3.63, 3.8) is 0 Å². The Bertz CT molecular complexity index is 595. The quantitative estimate of drug-likeness (QED) is 0.809. The second kappa shape index (κ2) is 6.05. The number of hydrogen-bond acceptors (Lipinski definition) is 6. The van der Waals surface area contributed by atoms with Gasteiger partial charge in [0.1, 0.15) is 16.5 Å². The molecule has 6 nitrogen and oxygen atoms in total. The van der Waals surface area contributed by atoms with E-state index in [1.807, 2.05) is 11.6 Å². The van der Waals surface area contributed by atoms with Crippen molar-refractivity contribution in [1.82, 2.24) is 30.2 Å². The highest BCUT2D eigenvalue weighted by molar-refractivity contribution is 7.99. The summed E-state index contributed by atoms with van der Waals surface area (Å²) in [5.74, 6) is 0. The minimum absolute atomic E-state index is 0.412. The average Bonchev–Trinajstić information content (AvgIpc) is 3.09. The molecule has 0 N–H and O–H groups in total. The van der Waals surface area contributed by atoms with Crippen LogP contribution in [0.1, 0.15) is 44.2 Å². The van der Waals surface area contributed by atoms with Gasteiger partial charge >= 0.3 is 0 Å². The second-order valence-corrected chi connectivity index (χ2v) is 6.06. The lowest BCUT2D eigenvalue weighted by molar-refractivity contribution is 0.423. The zero-order valence-corrected chi connectivity index (χ0v) is 12.7. The topological polar surface area (TPSA) is 69.4 Å². The van der Waals surface area contributed by atoms with Crippen molar-refractivity contribution in [2.45, 2.75) is 55.3 Å². The van der Waals surface area contributed by atoms with Gasteiger partial charge in [-0.05, 0) is 41.5 Å². The molecule has 2 aromatic heterocycles. The fourth-order valence-corrected chi connectivity index (χ4v) is 3.79. The van der Waals surface area contributed by atoms with Gasteiger partial charge in [0.15, 0.2) is 0 Å². The SMILES string of the molecule is CCc1c(Cl)ncnc1Sc1nnnn1C1CCCC1. The summed E-state index contributed by atoms with van der Waals surface area (Å²) >= 11 is 7.58. The molecule has 0 unspecified atom stereocenters. The molecule has 2 heterocycles. The Morgan fingerprint density at radius 1 is 1.35 bits per heavy atom. The fraction of sp³-hybridized carbons (Fsp3) is 0.583. The first-order valence-corrected chi connectivity index (χ1v) is 7.94. The molecule has 1 aliphatic rings. The highest BCUT2D eigenvalue weighted by atomic mass is 35.5. The van der Waals surface area contributed by atoms with Crippen molar-refractivity contribution in [3.8, 4) is 0 Å². The predicted octanol–water partition coefficient (Wildman–Crippen LogP) is 2.95. The molecule has 0 amide bonds. The summed E-state index contributed by atoms with van der Waals surface area (Å²) in [5.41, 5.74) is 0.945. The molecular formula is C12H15ClN6S. The monoisotopic (exact) mass is 310 g/mol. The van der Waals surface area contributed by atoms with Crippen molar-refractivity contribution < 1.29 is 0 Å². The number of tetrazole rings is 1. The number of halogens is 1. The minimum Gasteiger partial charge on any atom is -0.229 e. The lowest BCUT2D eigenvalue weighted by atomic mass is 10.3. The summed E-state index contributed by atoms with van der Waals surface area (Å²) < 4.78 is 1.92. The van der Waals surface area contributed by atoms with Crippen LogP contribution in [-0.4, -0.2) is 30.2 Å². The van der Waals surface area contributed by atoms with Gasteiger partial charge in [-0.2, -0.15) is 0 Å². The van der Waals surface area contributed by atoms with Gasteiger partial charge in [-0.15, -0.1) is 5.10 Å². The predicted molar refractivity (Wildman–Crippen MR) is 75.9 cm³/mol. The Hall–Kier alpha value is -1.21. The van der Waals surface area contributed by atoms with Gasteiger partial charge in [-0.25, -0.2) is 14.6 Å². The van der Waals surface area contributed by atoms with Crippen molar-refractivity contribution in [1.29, 1.82) is 0 Å². The van der Waals surface area contributed by atoms with E-state index < -0.39 is 0 Å². The van der Waals surface area contributed by atoms with Crippen LogP contribution in [0.5, 0.6) is 0 Å². The van der Waals surface area contributed by atoms with Gasteiger partial charge < -0.3 is 0 Å². The van der Waals surface area contributed by atoms with Crippen molar-refractivity contribution in [3.05, 3.63) is 17.0 Å². The fourth-order valence-electron chi connectivity index (χ4n) is 2.48. The third-order valence-corrected chi connectivity index (χ3v) is 4.85. The Morgan fingerprint density at radius 3 is 2.90 bits per heavy atom. The maximum Gasteiger partial charge on any atom is 0.215 e. The van der Waals surface area contributed by atoms with E-state index in [0.717, 1.165) is 35.0 Å². The Morgan fingerprint density at radius 2 is 2.15 bits per heavy atom. The molecule has 0 aromatic carbocycles. The molecule has 3 rings (SSSR count). The largest absolute Gasteiger partial charge is 0.229 e. The average molecular weight is 311 g/mol. The van der Waals surface area contributed by atoms with Crippen LogP contribution in [0, 0.1) is 0 Å². The molecule has 0 aliphatic heterocycles. The summed E-state index contributed by atoms with van der Waals surface area (Å²) in [5, 5.41) is 14.2. The Kier molecular flexibility index (Phi) is 4.16. The molecule has 0 saturated heterocycles. The molecule has 1 fully saturated rings. The Balaban J connectivity index is 1.88. The molecule has 1 aliphatic carbocycles. The highest BCUT2D eigenvalue weighted by Crippen LogP contribution is 2.35. The first-order valence-electron chi connectivity index (χ1n) is 6.74. The van der Waals surface area contributed by atoms with E-state index in [2.05, 4.69) is 25.5 Å². The van der Waals surface area contributed by atoms with Gasteiger partial charge in [-0.1, -0.05) is 31.4 Å². The van der Waals surface area contributed by atoms with E-state index in [1.165, 1.54) is 30.9 Å². The zero-order chi connectivity index (χ0) is 13.9. The van der Waals surface area contributed by atoms with Gasteiger partial charge in [0.2, 0.25) is 5.16 Å². The number of nitrogens with zero attached hydrogens (tertiary/aromatic N) is 6. The molecular weight excluding hydrogens is 296 g/mol. The molecule has 106 valence electrons. The molecule has 8 heteroatoms. The van der Waals surface area contributed by atoms with Crippen molar-refractivity contribution in [2.75, 3.05) is 0 Å². The zero-order valence-electron chi connectivity index (χ0n) is 11.2. The van der Waals surface area contributed by atoms with E-state index in [1.54, 1.807) is 0 Å². The number of aromatic nitrogens is 6. The third-order valence-electron chi connectivity index (χ3n) is 3.53. The van der Waals surface area contributed by atoms with Crippen LogP contribution < -0.4 is 0 Å². The maximum absolute atomic E-state index is 6.11. The normalized spacial score (nSPS) is 15.9. The first-order chi connectivity index (χ1) is 9.79. The molecule has 0 radical (unpaired) electrons. The standard InChI is InChI=1S/C12H15ClN6S/c1-2-9-10(13)14-7-15-11(9)20-12-16-17-18-19(12)8-5-3-4-6-8/h7-8H,2-6H2,1H3. The number of hydrogen-bond donors (Lipinski definition) is 0. The summed E-state index contributed by atoms with van der Waals surface area (Å²) in [6.45, 7) is 2.04. The van der Waals surface area contributed by atoms with E-state index >= 15 is 0 Å². The third kappa shape index (κ3) is 2.64. The highest BCUT2D eigenvalue weighted by Gasteiger charge is 2.23. The van der Waals surface area contributed by atoms with Gasteiger partial charge in [0, 0.05) is 5.56 Å². The smallest absolute Gasteiger partial charge is 0.215 e. The summed E-state index contributed by atoms with van der Waals surface area (Å²) in [6.07, 6.45) is 7.04. The summed E-state index contributed by atoms with van der Waals surface area (Å²) in [7, 11) is 0. The molecule has 0 atom stereocenters. The van der Waals surface area contributed by atoms with Gasteiger partial charge in [-0.3, -0.25) is 0 Å². The van der Waals surface area contributed by atoms with Crippen LogP contribution in [0.25, 0.3) is 0 Å². The van der Waals surface area contributed by atoms with Crippen LogP contribution in [0.2, 0.25) is 5.15 Å². The first kappa shape index (κ1) is 13.8. The minimum atomic E-state index is 0.412. The molecule has 20 heavy (non-hydrogen) atoms. The number of rotatable bonds is 4. The van der Waals surface area contributed by atoms with E-state index in [4.69, 9.17) is 11.6 Å². The summed E-state index contributed by atoms with van der Waals surface area (Å²) in [4.78, 5) is 8.33. The van der Waals surface area contributed by atoms with Gasteiger partial charge in [0.25, 0.3) is 0 Å². The molecule has 0 spiro atoms. The lowest BCUT2D eigenvalue weighted by Crippen LogP contribution is -2.08. The van der Waals surface area contributed by atoms with E-state index in [9.17, 15) is 0 Å². The van der Waals surface area contributed by atoms with E-state index in [-0.39, 0.29) is 0 Å². The summed E-state index contributed by atoms with van der Waals surface area (Å²) in [6, 6.07) is 0.412. The molecule has 0 bridgehead atoms. The van der Waals surface area contributed by atoms with Crippen LogP contribution in [0.3, 0.4) is 0 Å². The van der Waals surface area contributed by atoms with Crippen LogP contribution >= 0.6 is 23.4 Å². The van der Waals surface area contributed by atoms with E-state index in [0.29, 0.717) is 11.2 Å². The maximum atomic E-state index is 6.11. The van der Waals surface area contributed by atoms with Crippen molar-refractivity contribution in [2.24, 2.45) is 0 Å². The Labute approximate surface area is 126 Å². The second-order valence-electron chi connectivity index (χ2n) is 4.75. The van der Waals surface area contributed by atoms with Crippen LogP contribution in [-0.2, 0) is 6.42 Å². The molecule has 1 saturated carbocycles. The van der Waals surface area contributed by atoms with Gasteiger partial charge in [0.05, 0.1) is 6.04 Å². The van der Waals surface area contributed by atoms with Crippen LogP contribution in [0.4, 0.5) is 0 Å². The van der Waals surface area contributed by atoms with Crippen molar-refractivity contribution >= 4 is 23.4 Å².